The zero-order valence-corrected chi connectivity index (χ0v) is 9.93. The highest BCUT2D eigenvalue weighted by Crippen LogP contribution is 2.24. The average molecular weight is 212 g/mol. The van der Waals surface area contributed by atoms with Crippen molar-refractivity contribution >= 4 is 17.3 Å². The highest BCUT2D eigenvalue weighted by molar-refractivity contribution is 6.30. The molecule has 1 rings (SSSR count). The fourth-order valence-electron chi connectivity index (χ4n) is 1.64. The molecule has 0 unspecified atom stereocenters. The number of aryl methyl sites for hydroxylation is 1. The van der Waals surface area contributed by atoms with E-state index >= 15 is 0 Å². The first-order chi connectivity index (χ1) is 6.69. The number of rotatable bonds is 4. The molecule has 0 aliphatic heterocycles. The highest BCUT2D eigenvalue weighted by Gasteiger charge is 2.06. The fourth-order valence-corrected chi connectivity index (χ4v) is 1.81. The summed E-state index contributed by atoms with van der Waals surface area (Å²) in [6.07, 6.45) is 1.17. The second-order valence-electron chi connectivity index (χ2n) is 3.51. The zero-order chi connectivity index (χ0) is 10.6. The van der Waals surface area contributed by atoms with Crippen molar-refractivity contribution in [3.05, 3.63) is 28.8 Å². The van der Waals surface area contributed by atoms with Gasteiger partial charge in [-0.15, -0.1) is 0 Å². The van der Waals surface area contributed by atoms with Crippen molar-refractivity contribution in [1.29, 1.82) is 0 Å². The number of halogens is 1. The van der Waals surface area contributed by atoms with E-state index in [2.05, 4.69) is 37.8 Å². The summed E-state index contributed by atoms with van der Waals surface area (Å²) < 4.78 is 0. The molecule has 1 aromatic rings. The van der Waals surface area contributed by atoms with Crippen molar-refractivity contribution in [3.63, 3.8) is 0 Å². The van der Waals surface area contributed by atoms with E-state index in [0.29, 0.717) is 0 Å². The number of nitrogens with zero attached hydrogens (tertiary/aromatic N) is 1. The molecule has 0 radical (unpaired) electrons. The Labute approximate surface area is 91.7 Å². The molecule has 0 aliphatic rings. The molecular formula is C12H18ClN. The lowest BCUT2D eigenvalue weighted by Gasteiger charge is -2.24. The van der Waals surface area contributed by atoms with Gasteiger partial charge in [-0.05, 0) is 38.0 Å². The van der Waals surface area contributed by atoms with Crippen LogP contribution in [0.5, 0.6) is 0 Å². The maximum Gasteiger partial charge on any atom is 0.0426 e. The molecular weight excluding hydrogens is 194 g/mol. The third-order valence-corrected chi connectivity index (χ3v) is 2.62. The summed E-state index contributed by atoms with van der Waals surface area (Å²) in [5, 5.41) is 0.820. The van der Waals surface area contributed by atoms with Crippen molar-refractivity contribution in [3.8, 4) is 0 Å². The summed E-state index contributed by atoms with van der Waals surface area (Å²) in [7, 11) is 0. The van der Waals surface area contributed by atoms with Crippen LogP contribution in [0.25, 0.3) is 0 Å². The van der Waals surface area contributed by atoms with Crippen LogP contribution in [-0.4, -0.2) is 13.1 Å². The van der Waals surface area contributed by atoms with Crippen molar-refractivity contribution in [1.82, 2.24) is 0 Å². The minimum absolute atomic E-state index is 0.820. The molecule has 1 nitrogen and oxygen atoms in total. The van der Waals surface area contributed by atoms with E-state index in [0.717, 1.165) is 18.1 Å². The first-order valence-corrected chi connectivity index (χ1v) is 5.58. The third-order valence-electron chi connectivity index (χ3n) is 2.39. The molecule has 0 amide bonds. The molecule has 0 saturated carbocycles. The van der Waals surface area contributed by atoms with Gasteiger partial charge < -0.3 is 4.90 Å². The van der Waals surface area contributed by atoms with Crippen LogP contribution >= 0.6 is 11.6 Å². The van der Waals surface area contributed by atoms with Gasteiger partial charge >= 0.3 is 0 Å². The molecule has 78 valence electrons. The van der Waals surface area contributed by atoms with Crippen molar-refractivity contribution in [2.24, 2.45) is 0 Å². The van der Waals surface area contributed by atoms with Gasteiger partial charge in [-0.1, -0.05) is 24.6 Å². The number of benzene rings is 1. The monoisotopic (exact) mass is 211 g/mol. The van der Waals surface area contributed by atoms with Gasteiger partial charge in [0.2, 0.25) is 0 Å². The standard InChI is InChI=1S/C12H18ClN/c1-4-8-14(5-2)12-9-11(13)7-6-10(12)3/h6-7,9H,4-5,8H2,1-3H3. The van der Waals surface area contributed by atoms with Gasteiger partial charge in [0, 0.05) is 23.8 Å². The van der Waals surface area contributed by atoms with Crippen LogP contribution in [0, 0.1) is 6.92 Å². The second-order valence-corrected chi connectivity index (χ2v) is 3.95. The smallest absolute Gasteiger partial charge is 0.0426 e. The Morgan fingerprint density at radius 3 is 2.57 bits per heavy atom. The van der Waals surface area contributed by atoms with Crippen LogP contribution in [0.2, 0.25) is 5.02 Å². The van der Waals surface area contributed by atoms with Crippen molar-refractivity contribution in [2.45, 2.75) is 27.2 Å². The van der Waals surface area contributed by atoms with Crippen molar-refractivity contribution in [2.75, 3.05) is 18.0 Å². The maximum absolute atomic E-state index is 5.99. The molecule has 0 atom stereocenters. The average Bonchev–Trinajstić information content (AvgIpc) is 2.18. The van der Waals surface area contributed by atoms with Crippen LogP contribution in [0.4, 0.5) is 5.69 Å². The fraction of sp³-hybridized carbons (Fsp3) is 0.500. The molecule has 0 aliphatic carbocycles. The SMILES string of the molecule is CCCN(CC)c1cc(Cl)ccc1C. The van der Waals surface area contributed by atoms with E-state index in [1.165, 1.54) is 17.7 Å². The van der Waals surface area contributed by atoms with E-state index in [9.17, 15) is 0 Å². The number of hydrogen-bond acceptors (Lipinski definition) is 1. The summed E-state index contributed by atoms with van der Waals surface area (Å²) in [5.41, 5.74) is 2.56. The largest absolute Gasteiger partial charge is 0.372 e. The van der Waals surface area contributed by atoms with Crippen LogP contribution in [0.1, 0.15) is 25.8 Å². The van der Waals surface area contributed by atoms with E-state index in [-0.39, 0.29) is 0 Å². The first kappa shape index (κ1) is 11.4. The summed E-state index contributed by atoms with van der Waals surface area (Å²) in [6, 6.07) is 6.08. The molecule has 0 aromatic heterocycles. The summed E-state index contributed by atoms with van der Waals surface area (Å²) in [5.74, 6) is 0. The summed E-state index contributed by atoms with van der Waals surface area (Å²) in [4.78, 5) is 2.36. The molecule has 14 heavy (non-hydrogen) atoms. The minimum atomic E-state index is 0.820. The quantitative estimate of drug-likeness (QED) is 0.731. The Bertz CT molecular complexity index is 296. The Morgan fingerprint density at radius 1 is 1.29 bits per heavy atom. The molecule has 0 spiro atoms. The van der Waals surface area contributed by atoms with Gasteiger partial charge in [-0.3, -0.25) is 0 Å². The van der Waals surface area contributed by atoms with E-state index in [4.69, 9.17) is 11.6 Å². The minimum Gasteiger partial charge on any atom is -0.372 e. The molecule has 0 saturated heterocycles. The molecule has 0 N–H and O–H groups in total. The van der Waals surface area contributed by atoms with Gasteiger partial charge in [0.05, 0.1) is 0 Å². The van der Waals surface area contributed by atoms with E-state index < -0.39 is 0 Å². The molecule has 0 bridgehead atoms. The van der Waals surface area contributed by atoms with Crippen LogP contribution < -0.4 is 4.90 Å². The van der Waals surface area contributed by atoms with Crippen molar-refractivity contribution < 1.29 is 0 Å². The Hall–Kier alpha value is -0.690. The normalized spacial score (nSPS) is 10.3. The lowest BCUT2D eigenvalue weighted by atomic mass is 10.1. The predicted molar refractivity (Wildman–Crippen MR) is 64.4 cm³/mol. The van der Waals surface area contributed by atoms with Crippen LogP contribution in [0.15, 0.2) is 18.2 Å². The number of hydrogen-bond donors (Lipinski definition) is 0. The Morgan fingerprint density at radius 2 is 2.00 bits per heavy atom. The molecule has 2 heteroatoms. The molecule has 1 aromatic carbocycles. The molecule has 0 heterocycles. The lowest BCUT2D eigenvalue weighted by Crippen LogP contribution is -2.24. The first-order valence-electron chi connectivity index (χ1n) is 5.20. The zero-order valence-electron chi connectivity index (χ0n) is 9.18. The van der Waals surface area contributed by atoms with Gasteiger partial charge in [-0.25, -0.2) is 0 Å². The maximum atomic E-state index is 5.99. The van der Waals surface area contributed by atoms with E-state index in [1.807, 2.05) is 6.07 Å². The van der Waals surface area contributed by atoms with Gasteiger partial charge in [0.25, 0.3) is 0 Å². The second kappa shape index (κ2) is 5.26. The topological polar surface area (TPSA) is 3.24 Å². The van der Waals surface area contributed by atoms with Crippen LogP contribution in [-0.2, 0) is 0 Å². The van der Waals surface area contributed by atoms with Gasteiger partial charge in [-0.2, -0.15) is 0 Å². The highest BCUT2D eigenvalue weighted by atomic mass is 35.5. The lowest BCUT2D eigenvalue weighted by molar-refractivity contribution is 0.789. The molecule has 0 fully saturated rings. The number of anilines is 1. The van der Waals surface area contributed by atoms with E-state index in [1.54, 1.807) is 0 Å². The Balaban J connectivity index is 2.96. The summed E-state index contributed by atoms with van der Waals surface area (Å²) in [6.45, 7) is 8.63. The van der Waals surface area contributed by atoms with Crippen LogP contribution in [0.3, 0.4) is 0 Å². The summed E-state index contributed by atoms with van der Waals surface area (Å²) >= 11 is 5.99. The Kier molecular flexibility index (Phi) is 4.27. The third kappa shape index (κ3) is 2.65. The van der Waals surface area contributed by atoms with Gasteiger partial charge in [0.1, 0.15) is 0 Å². The van der Waals surface area contributed by atoms with Gasteiger partial charge in [0.15, 0.2) is 0 Å². The predicted octanol–water partition coefficient (Wildman–Crippen LogP) is 3.88.